The number of carbonyl (C=O) groups is 1. The topological polar surface area (TPSA) is 26.3 Å². The van der Waals surface area contributed by atoms with Crippen LogP contribution in [-0.2, 0) is 9.53 Å². The Bertz CT molecular complexity index is 149. The number of hydrogen-bond donors (Lipinski definition) is 0. The van der Waals surface area contributed by atoms with Crippen LogP contribution in [-0.4, -0.2) is 18.5 Å². The zero-order chi connectivity index (χ0) is 7.40. The highest BCUT2D eigenvalue weighted by molar-refractivity contribution is 5.79. The van der Waals surface area contributed by atoms with Crippen molar-refractivity contribution in [3.63, 3.8) is 0 Å². The molecule has 0 aromatic rings. The fraction of sp³-hybridized carbons (Fsp3) is 0.625. The van der Waals surface area contributed by atoms with Crippen LogP contribution in [0.2, 0.25) is 0 Å². The van der Waals surface area contributed by atoms with Crippen LogP contribution in [0, 0.1) is 0 Å². The molecule has 0 spiro atoms. The lowest BCUT2D eigenvalue weighted by molar-refractivity contribution is -0.126. The molecule has 0 radical (unpaired) electrons. The monoisotopic (exact) mass is 140 g/mol. The maximum atomic E-state index is 10.8. The standard InChI is InChI=1S/C8H12O2/c1-2-3-8-6-7(9)4-5-10-8/h2-3,8H,4-6H2,1H3/t8-/m1/s1. The highest BCUT2D eigenvalue weighted by Gasteiger charge is 2.16. The Balaban J connectivity index is 2.39. The largest absolute Gasteiger partial charge is 0.373 e. The van der Waals surface area contributed by atoms with Crippen LogP contribution in [0.1, 0.15) is 19.8 Å². The van der Waals surface area contributed by atoms with Gasteiger partial charge in [-0.25, -0.2) is 0 Å². The third kappa shape index (κ3) is 1.95. The molecule has 1 saturated heterocycles. The highest BCUT2D eigenvalue weighted by atomic mass is 16.5. The molecule has 1 atom stereocenters. The summed E-state index contributed by atoms with van der Waals surface area (Å²) in [5.74, 6) is 0.314. The van der Waals surface area contributed by atoms with Crippen molar-refractivity contribution in [3.8, 4) is 0 Å². The molecule has 0 unspecified atom stereocenters. The number of allylic oxidation sites excluding steroid dienone is 1. The number of rotatable bonds is 1. The number of ether oxygens (including phenoxy) is 1. The maximum absolute atomic E-state index is 10.8. The average Bonchev–Trinajstić information content (AvgIpc) is 1.88. The van der Waals surface area contributed by atoms with Gasteiger partial charge in [-0.1, -0.05) is 12.2 Å². The fourth-order valence-electron chi connectivity index (χ4n) is 1.05. The quantitative estimate of drug-likeness (QED) is 0.513. The summed E-state index contributed by atoms with van der Waals surface area (Å²) in [6, 6.07) is 0. The van der Waals surface area contributed by atoms with E-state index < -0.39 is 0 Å². The van der Waals surface area contributed by atoms with Crippen molar-refractivity contribution in [2.24, 2.45) is 0 Å². The minimum Gasteiger partial charge on any atom is -0.373 e. The Morgan fingerprint density at radius 2 is 2.50 bits per heavy atom. The van der Waals surface area contributed by atoms with E-state index in [2.05, 4.69) is 0 Å². The molecule has 2 nitrogen and oxygen atoms in total. The maximum Gasteiger partial charge on any atom is 0.138 e. The van der Waals surface area contributed by atoms with Crippen molar-refractivity contribution in [1.82, 2.24) is 0 Å². The van der Waals surface area contributed by atoms with E-state index in [9.17, 15) is 4.79 Å². The molecule has 0 aliphatic carbocycles. The van der Waals surface area contributed by atoms with Gasteiger partial charge in [0.15, 0.2) is 0 Å². The third-order valence-electron chi connectivity index (χ3n) is 1.55. The highest BCUT2D eigenvalue weighted by Crippen LogP contribution is 2.10. The lowest BCUT2D eigenvalue weighted by Crippen LogP contribution is -2.23. The van der Waals surface area contributed by atoms with Crippen molar-refractivity contribution in [3.05, 3.63) is 12.2 Å². The smallest absolute Gasteiger partial charge is 0.138 e. The molecule has 0 bridgehead atoms. The van der Waals surface area contributed by atoms with E-state index in [0.717, 1.165) is 0 Å². The Hall–Kier alpha value is -0.630. The van der Waals surface area contributed by atoms with Crippen molar-refractivity contribution in [1.29, 1.82) is 0 Å². The summed E-state index contributed by atoms with van der Waals surface area (Å²) in [5.41, 5.74) is 0. The van der Waals surface area contributed by atoms with Gasteiger partial charge in [-0.2, -0.15) is 0 Å². The van der Waals surface area contributed by atoms with Crippen LogP contribution < -0.4 is 0 Å². The molecule has 1 aliphatic heterocycles. The van der Waals surface area contributed by atoms with Crippen molar-refractivity contribution in [2.75, 3.05) is 6.61 Å². The first-order valence-corrected chi connectivity index (χ1v) is 3.59. The normalized spacial score (nSPS) is 27.7. The first-order chi connectivity index (χ1) is 4.83. The minimum absolute atomic E-state index is 0.0475. The van der Waals surface area contributed by atoms with Crippen molar-refractivity contribution < 1.29 is 9.53 Å². The van der Waals surface area contributed by atoms with Crippen LogP contribution in [0.3, 0.4) is 0 Å². The van der Waals surface area contributed by atoms with E-state index in [-0.39, 0.29) is 6.10 Å². The molecule has 0 N–H and O–H groups in total. The summed E-state index contributed by atoms with van der Waals surface area (Å²) in [4.78, 5) is 10.8. The van der Waals surface area contributed by atoms with Gasteiger partial charge in [0.05, 0.1) is 12.7 Å². The molecule has 10 heavy (non-hydrogen) atoms. The number of Topliss-reactive ketones (excluding diaryl/α,β-unsaturated/α-hetero) is 1. The lowest BCUT2D eigenvalue weighted by Gasteiger charge is -2.17. The molecule has 0 aromatic carbocycles. The van der Waals surface area contributed by atoms with Gasteiger partial charge < -0.3 is 4.74 Å². The first kappa shape index (κ1) is 7.48. The molecule has 0 aromatic heterocycles. The summed E-state index contributed by atoms with van der Waals surface area (Å²) in [5, 5.41) is 0. The van der Waals surface area contributed by atoms with E-state index in [1.54, 1.807) is 0 Å². The van der Waals surface area contributed by atoms with Gasteiger partial charge in [-0.05, 0) is 6.92 Å². The summed E-state index contributed by atoms with van der Waals surface area (Å²) in [6.45, 7) is 2.52. The molecule has 2 heteroatoms. The molecule has 1 heterocycles. The minimum atomic E-state index is 0.0475. The third-order valence-corrected chi connectivity index (χ3v) is 1.55. The molecular weight excluding hydrogens is 128 g/mol. The second-order valence-corrected chi connectivity index (χ2v) is 2.43. The Morgan fingerprint density at radius 3 is 3.10 bits per heavy atom. The van der Waals surface area contributed by atoms with E-state index in [1.165, 1.54) is 0 Å². The van der Waals surface area contributed by atoms with Crippen LogP contribution in [0.4, 0.5) is 0 Å². The Morgan fingerprint density at radius 1 is 1.70 bits per heavy atom. The number of ketones is 1. The number of carbonyl (C=O) groups excluding carboxylic acids is 1. The fourth-order valence-corrected chi connectivity index (χ4v) is 1.05. The summed E-state index contributed by atoms with van der Waals surface area (Å²) in [6.07, 6.45) is 5.05. The van der Waals surface area contributed by atoms with Gasteiger partial charge in [0.2, 0.25) is 0 Å². The number of hydrogen-bond acceptors (Lipinski definition) is 2. The predicted molar refractivity (Wildman–Crippen MR) is 38.8 cm³/mol. The van der Waals surface area contributed by atoms with Crippen molar-refractivity contribution in [2.45, 2.75) is 25.9 Å². The summed E-state index contributed by atoms with van der Waals surface area (Å²) in [7, 11) is 0. The Labute approximate surface area is 60.9 Å². The van der Waals surface area contributed by atoms with E-state index in [0.29, 0.717) is 25.2 Å². The molecular formula is C8H12O2. The van der Waals surface area contributed by atoms with Crippen LogP contribution >= 0.6 is 0 Å². The molecule has 56 valence electrons. The van der Waals surface area contributed by atoms with Gasteiger partial charge in [0, 0.05) is 12.8 Å². The van der Waals surface area contributed by atoms with Gasteiger partial charge in [0.25, 0.3) is 0 Å². The van der Waals surface area contributed by atoms with E-state index in [4.69, 9.17) is 4.74 Å². The molecule has 0 saturated carbocycles. The van der Waals surface area contributed by atoms with Crippen LogP contribution in [0.5, 0.6) is 0 Å². The van der Waals surface area contributed by atoms with E-state index >= 15 is 0 Å². The second kappa shape index (κ2) is 3.52. The first-order valence-electron chi connectivity index (χ1n) is 3.59. The van der Waals surface area contributed by atoms with E-state index in [1.807, 2.05) is 19.1 Å². The van der Waals surface area contributed by atoms with Gasteiger partial charge in [0.1, 0.15) is 5.78 Å². The molecule has 1 rings (SSSR count). The predicted octanol–water partition coefficient (Wildman–Crippen LogP) is 1.31. The average molecular weight is 140 g/mol. The van der Waals surface area contributed by atoms with Gasteiger partial charge >= 0.3 is 0 Å². The summed E-state index contributed by atoms with van der Waals surface area (Å²) < 4.78 is 5.28. The zero-order valence-corrected chi connectivity index (χ0v) is 6.17. The molecule has 1 fully saturated rings. The zero-order valence-electron chi connectivity index (χ0n) is 6.17. The van der Waals surface area contributed by atoms with Crippen molar-refractivity contribution >= 4 is 5.78 Å². The lowest BCUT2D eigenvalue weighted by atomic mass is 10.1. The SMILES string of the molecule is CC=C[C@@H]1CC(=O)CCO1. The molecule has 1 aliphatic rings. The van der Waals surface area contributed by atoms with Crippen LogP contribution in [0.25, 0.3) is 0 Å². The van der Waals surface area contributed by atoms with Crippen LogP contribution in [0.15, 0.2) is 12.2 Å². The summed E-state index contributed by atoms with van der Waals surface area (Å²) >= 11 is 0. The molecule has 0 amide bonds. The van der Waals surface area contributed by atoms with Gasteiger partial charge in [-0.15, -0.1) is 0 Å². The Kier molecular flexibility index (Phi) is 2.63. The second-order valence-electron chi connectivity index (χ2n) is 2.43. The van der Waals surface area contributed by atoms with Gasteiger partial charge in [-0.3, -0.25) is 4.79 Å².